The maximum absolute atomic E-state index is 10.6. The molecule has 2 aromatic rings. The molecule has 0 aliphatic rings. The number of halogens is 1. The molecule has 0 aromatic carbocycles. The third-order valence-corrected chi connectivity index (χ3v) is 2.31. The molecule has 66 valence electrons. The van der Waals surface area contributed by atoms with E-state index >= 15 is 0 Å². The number of carboxylic acids is 1. The van der Waals surface area contributed by atoms with Gasteiger partial charge in [-0.05, 0) is 28.1 Å². The van der Waals surface area contributed by atoms with Crippen LogP contribution in [0, 0.1) is 0 Å². The van der Waals surface area contributed by atoms with Crippen LogP contribution in [0.15, 0.2) is 29.0 Å². The first-order chi connectivity index (χ1) is 6.20. The Morgan fingerprint density at radius 1 is 1.50 bits per heavy atom. The number of imidazole rings is 1. The van der Waals surface area contributed by atoms with Gasteiger partial charge in [0, 0.05) is 0 Å². The van der Waals surface area contributed by atoms with Gasteiger partial charge in [-0.15, -0.1) is 0 Å². The van der Waals surface area contributed by atoms with E-state index in [0.29, 0.717) is 10.3 Å². The van der Waals surface area contributed by atoms with E-state index in [9.17, 15) is 9.90 Å². The standard InChI is InChI=1S/C8H5BrN2O2.Na/c9-6-2-1-3-7-10-4-5(8(12)13)11(6)7;/h1-4H,(H,12,13);/q;+1/p-1. The molecule has 2 aromatic heterocycles. The summed E-state index contributed by atoms with van der Waals surface area (Å²) >= 11 is 3.23. The first-order valence-corrected chi connectivity index (χ1v) is 4.33. The van der Waals surface area contributed by atoms with Crippen molar-refractivity contribution >= 4 is 27.5 Å². The van der Waals surface area contributed by atoms with Gasteiger partial charge in [0.2, 0.25) is 0 Å². The normalized spacial score (nSPS) is 9.79. The van der Waals surface area contributed by atoms with Gasteiger partial charge < -0.3 is 9.90 Å². The smallest absolute Gasteiger partial charge is 0.543 e. The van der Waals surface area contributed by atoms with Crippen molar-refractivity contribution in [3.05, 3.63) is 34.7 Å². The molecule has 0 bridgehead atoms. The average Bonchev–Trinajstić information content (AvgIpc) is 2.49. The Morgan fingerprint density at radius 3 is 2.86 bits per heavy atom. The summed E-state index contributed by atoms with van der Waals surface area (Å²) in [6.45, 7) is 0. The van der Waals surface area contributed by atoms with Crippen LogP contribution in [0.5, 0.6) is 0 Å². The molecule has 0 saturated carbocycles. The Balaban J connectivity index is 0.000000980. The number of pyridine rings is 1. The molecule has 0 aliphatic carbocycles. The fraction of sp³-hybridized carbons (Fsp3) is 0. The number of carbonyl (C=O) groups is 1. The Morgan fingerprint density at radius 2 is 2.21 bits per heavy atom. The molecule has 0 unspecified atom stereocenters. The van der Waals surface area contributed by atoms with Crippen LogP contribution in [0.2, 0.25) is 0 Å². The number of hydrogen-bond acceptors (Lipinski definition) is 3. The van der Waals surface area contributed by atoms with Crippen LogP contribution in [0.25, 0.3) is 5.65 Å². The zero-order valence-corrected chi connectivity index (χ0v) is 11.0. The van der Waals surface area contributed by atoms with Crippen molar-refractivity contribution in [1.82, 2.24) is 9.38 Å². The van der Waals surface area contributed by atoms with Gasteiger partial charge in [-0.2, -0.15) is 0 Å². The number of aromatic carboxylic acids is 1. The summed E-state index contributed by atoms with van der Waals surface area (Å²) in [5, 5.41) is 10.6. The summed E-state index contributed by atoms with van der Waals surface area (Å²) in [6, 6.07) is 5.24. The molecule has 0 spiro atoms. The van der Waals surface area contributed by atoms with Crippen molar-refractivity contribution < 1.29 is 39.5 Å². The van der Waals surface area contributed by atoms with E-state index in [1.165, 1.54) is 10.6 Å². The maximum atomic E-state index is 10.6. The minimum Gasteiger partial charge on any atom is -0.543 e. The van der Waals surface area contributed by atoms with Crippen LogP contribution in [-0.2, 0) is 0 Å². The summed E-state index contributed by atoms with van der Waals surface area (Å²) in [7, 11) is 0. The Bertz CT molecular complexity index is 483. The third kappa shape index (κ3) is 1.86. The van der Waals surface area contributed by atoms with Gasteiger partial charge >= 0.3 is 29.6 Å². The number of nitrogens with zero attached hydrogens (tertiary/aromatic N) is 2. The molecule has 2 heterocycles. The molecule has 0 atom stereocenters. The van der Waals surface area contributed by atoms with Gasteiger partial charge in [0.15, 0.2) is 0 Å². The number of rotatable bonds is 1. The Kier molecular flexibility index (Phi) is 3.71. The van der Waals surface area contributed by atoms with Crippen molar-refractivity contribution in [1.29, 1.82) is 0 Å². The van der Waals surface area contributed by atoms with Crippen LogP contribution in [0.4, 0.5) is 0 Å². The fourth-order valence-corrected chi connectivity index (χ4v) is 1.67. The quantitative estimate of drug-likeness (QED) is 0.421. The monoisotopic (exact) mass is 262 g/mol. The molecular weight excluding hydrogens is 259 g/mol. The molecule has 0 aliphatic heterocycles. The first-order valence-electron chi connectivity index (χ1n) is 3.53. The molecule has 0 fully saturated rings. The van der Waals surface area contributed by atoms with Gasteiger partial charge in [-0.3, -0.25) is 4.40 Å². The number of fused-ring (bicyclic) bond motifs is 1. The van der Waals surface area contributed by atoms with Gasteiger partial charge in [0.1, 0.15) is 5.65 Å². The second-order valence-electron chi connectivity index (χ2n) is 2.47. The molecule has 14 heavy (non-hydrogen) atoms. The largest absolute Gasteiger partial charge is 1.00 e. The molecule has 0 radical (unpaired) electrons. The van der Waals surface area contributed by atoms with Crippen LogP contribution >= 0.6 is 15.9 Å². The van der Waals surface area contributed by atoms with Gasteiger partial charge in [-0.25, -0.2) is 4.98 Å². The first kappa shape index (κ1) is 11.7. The zero-order chi connectivity index (χ0) is 9.42. The summed E-state index contributed by atoms with van der Waals surface area (Å²) in [5.74, 6) is -1.24. The van der Waals surface area contributed by atoms with Crippen LogP contribution < -0.4 is 34.7 Å². The fourth-order valence-electron chi connectivity index (χ4n) is 1.14. The third-order valence-electron chi connectivity index (χ3n) is 1.69. The number of hydrogen-bond donors (Lipinski definition) is 0. The van der Waals surface area contributed by atoms with Crippen LogP contribution in [0.3, 0.4) is 0 Å². The van der Waals surface area contributed by atoms with Gasteiger partial charge in [0.25, 0.3) is 0 Å². The minimum absolute atomic E-state index is 0. The van der Waals surface area contributed by atoms with Gasteiger partial charge in [0.05, 0.1) is 22.5 Å². The second kappa shape index (κ2) is 4.44. The number of aromatic nitrogens is 2. The maximum Gasteiger partial charge on any atom is 1.00 e. The van der Waals surface area contributed by atoms with E-state index in [1.54, 1.807) is 18.2 Å². The van der Waals surface area contributed by atoms with Crippen molar-refractivity contribution in [2.75, 3.05) is 0 Å². The van der Waals surface area contributed by atoms with Crippen LogP contribution in [-0.4, -0.2) is 15.4 Å². The van der Waals surface area contributed by atoms with Crippen molar-refractivity contribution in [2.24, 2.45) is 0 Å². The van der Waals surface area contributed by atoms with Crippen molar-refractivity contribution in [3.63, 3.8) is 0 Å². The predicted molar refractivity (Wildman–Crippen MR) is 47.2 cm³/mol. The van der Waals surface area contributed by atoms with E-state index in [1.807, 2.05) is 0 Å². The SMILES string of the molecule is O=C([O-])c1cnc2cccc(Br)n12.[Na+]. The Labute approximate surface area is 110 Å². The average molecular weight is 263 g/mol. The number of carboxylic acid groups (broad SMARTS) is 1. The molecule has 0 amide bonds. The summed E-state index contributed by atoms with van der Waals surface area (Å²) in [6.07, 6.45) is 1.27. The molecule has 4 nitrogen and oxygen atoms in total. The summed E-state index contributed by atoms with van der Waals surface area (Å²) in [4.78, 5) is 14.5. The number of carbonyl (C=O) groups excluding carboxylic acids is 1. The van der Waals surface area contributed by atoms with Crippen molar-refractivity contribution in [2.45, 2.75) is 0 Å². The zero-order valence-electron chi connectivity index (χ0n) is 7.40. The molecule has 0 saturated heterocycles. The van der Waals surface area contributed by atoms with Gasteiger partial charge in [-0.1, -0.05) is 6.07 Å². The molecule has 6 heteroatoms. The van der Waals surface area contributed by atoms with E-state index in [2.05, 4.69) is 20.9 Å². The minimum atomic E-state index is -1.24. The topological polar surface area (TPSA) is 57.4 Å². The summed E-state index contributed by atoms with van der Waals surface area (Å²) in [5.41, 5.74) is 0.621. The predicted octanol–water partition coefficient (Wildman–Crippen LogP) is -2.54. The van der Waals surface area contributed by atoms with Crippen LogP contribution in [0.1, 0.15) is 10.5 Å². The summed E-state index contributed by atoms with van der Waals surface area (Å²) < 4.78 is 2.11. The molecule has 2 rings (SSSR count). The van der Waals surface area contributed by atoms with E-state index in [-0.39, 0.29) is 35.3 Å². The molecule has 0 N–H and O–H groups in total. The Hall–Kier alpha value is -0.360. The van der Waals surface area contributed by atoms with E-state index in [0.717, 1.165) is 0 Å². The van der Waals surface area contributed by atoms with E-state index in [4.69, 9.17) is 0 Å². The van der Waals surface area contributed by atoms with E-state index < -0.39 is 5.97 Å². The van der Waals surface area contributed by atoms with Crippen molar-refractivity contribution in [3.8, 4) is 0 Å². The molecular formula is C8H4BrN2NaO2. The second-order valence-corrected chi connectivity index (χ2v) is 3.29.